The fourth-order valence-corrected chi connectivity index (χ4v) is 3.66. The van der Waals surface area contributed by atoms with Crippen molar-refractivity contribution in [3.63, 3.8) is 0 Å². The van der Waals surface area contributed by atoms with E-state index in [0.717, 1.165) is 17.7 Å². The fourth-order valence-electron chi connectivity index (χ4n) is 2.62. The standard InChI is InChI=1S/C19H18ClN3OS/c1-3-12-7-4-6-11(2)15(12)22-19-23-18(21)17(25-19)16(24)13-8-5-9-14(20)10-13/h4-10H,3,21H2,1-2H3,(H,22,23). The molecule has 0 atom stereocenters. The number of carbonyl (C=O) groups excluding carboxylic acids is 1. The van der Waals surface area contributed by atoms with Crippen molar-refractivity contribution < 1.29 is 4.79 Å². The average molecular weight is 372 g/mol. The van der Waals surface area contributed by atoms with Crippen LogP contribution in [-0.2, 0) is 6.42 Å². The molecular weight excluding hydrogens is 354 g/mol. The normalized spacial score (nSPS) is 10.7. The largest absolute Gasteiger partial charge is 0.382 e. The predicted molar refractivity (Wildman–Crippen MR) is 105 cm³/mol. The highest BCUT2D eigenvalue weighted by molar-refractivity contribution is 7.18. The number of nitrogens with one attached hydrogen (secondary N) is 1. The van der Waals surface area contributed by atoms with Gasteiger partial charge in [0.15, 0.2) is 5.13 Å². The summed E-state index contributed by atoms with van der Waals surface area (Å²) in [6.45, 7) is 4.14. The van der Waals surface area contributed by atoms with Crippen LogP contribution < -0.4 is 11.1 Å². The number of nitrogens with two attached hydrogens (primary N) is 1. The number of para-hydroxylation sites is 1. The van der Waals surface area contributed by atoms with Gasteiger partial charge in [-0.15, -0.1) is 0 Å². The van der Waals surface area contributed by atoms with Gasteiger partial charge in [-0.1, -0.05) is 60.2 Å². The van der Waals surface area contributed by atoms with Gasteiger partial charge in [-0.2, -0.15) is 0 Å². The maximum atomic E-state index is 12.7. The fraction of sp³-hybridized carbons (Fsp3) is 0.158. The van der Waals surface area contributed by atoms with Crippen LogP contribution in [0.25, 0.3) is 0 Å². The Kier molecular flexibility index (Phi) is 5.06. The Morgan fingerprint density at radius 3 is 2.76 bits per heavy atom. The van der Waals surface area contributed by atoms with Crippen LogP contribution in [0.1, 0.15) is 33.3 Å². The second-order valence-electron chi connectivity index (χ2n) is 5.66. The van der Waals surface area contributed by atoms with Crippen molar-refractivity contribution in [2.45, 2.75) is 20.3 Å². The second-order valence-corrected chi connectivity index (χ2v) is 7.10. The molecule has 0 amide bonds. The summed E-state index contributed by atoms with van der Waals surface area (Å²) in [6, 6.07) is 13.0. The number of hydrogen-bond donors (Lipinski definition) is 2. The van der Waals surface area contributed by atoms with Gasteiger partial charge in [-0.3, -0.25) is 4.79 Å². The van der Waals surface area contributed by atoms with Gasteiger partial charge in [0.2, 0.25) is 5.78 Å². The molecule has 0 unspecified atom stereocenters. The summed E-state index contributed by atoms with van der Waals surface area (Å²) in [4.78, 5) is 17.4. The summed E-state index contributed by atoms with van der Waals surface area (Å²) in [5.74, 6) is 0.0511. The van der Waals surface area contributed by atoms with Crippen LogP contribution in [0.5, 0.6) is 0 Å². The Morgan fingerprint density at radius 1 is 1.28 bits per heavy atom. The number of nitrogens with zero attached hydrogens (tertiary/aromatic N) is 1. The molecule has 0 spiro atoms. The van der Waals surface area contributed by atoms with Crippen molar-refractivity contribution in [1.29, 1.82) is 0 Å². The molecule has 2 aromatic carbocycles. The molecule has 0 aliphatic carbocycles. The van der Waals surface area contributed by atoms with E-state index in [0.29, 0.717) is 20.6 Å². The Labute approximate surface area is 155 Å². The van der Waals surface area contributed by atoms with Crippen LogP contribution in [-0.4, -0.2) is 10.8 Å². The Morgan fingerprint density at radius 2 is 2.04 bits per heavy atom. The monoisotopic (exact) mass is 371 g/mol. The zero-order valence-corrected chi connectivity index (χ0v) is 15.5. The number of thiazole rings is 1. The van der Waals surface area contributed by atoms with Crippen molar-refractivity contribution in [2.24, 2.45) is 0 Å². The summed E-state index contributed by atoms with van der Waals surface area (Å²) >= 11 is 7.22. The quantitative estimate of drug-likeness (QED) is 0.603. The summed E-state index contributed by atoms with van der Waals surface area (Å²) in [6.07, 6.45) is 0.902. The number of hydrogen-bond acceptors (Lipinski definition) is 5. The average Bonchev–Trinajstić information content (AvgIpc) is 2.96. The van der Waals surface area contributed by atoms with E-state index in [1.54, 1.807) is 24.3 Å². The van der Waals surface area contributed by atoms with Gasteiger partial charge in [0.05, 0.1) is 0 Å². The van der Waals surface area contributed by atoms with E-state index < -0.39 is 0 Å². The van der Waals surface area contributed by atoms with Crippen molar-refractivity contribution in [2.75, 3.05) is 11.1 Å². The van der Waals surface area contributed by atoms with Gasteiger partial charge in [-0.05, 0) is 36.6 Å². The SMILES string of the molecule is CCc1cccc(C)c1Nc1nc(N)c(C(=O)c2cccc(Cl)c2)s1. The number of anilines is 3. The molecule has 25 heavy (non-hydrogen) atoms. The predicted octanol–water partition coefficient (Wildman–Crippen LogP) is 5.22. The van der Waals surface area contributed by atoms with E-state index >= 15 is 0 Å². The highest BCUT2D eigenvalue weighted by Gasteiger charge is 2.19. The third-order valence-electron chi connectivity index (χ3n) is 3.92. The third-order valence-corrected chi connectivity index (χ3v) is 5.14. The molecule has 3 rings (SSSR count). The minimum Gasteiger partial charge on any atom is -0.382 e. The molecule has 1 aromatic heterocycles. The number of aryl methyl sites for hydroxylation is 2. The first-order valence-electron chi connectivity index (χ1n) is 7.91. The molecule has 0 aliphatic heterocycles. The summed E-state index contributed by atoms with van der Waals surface area (Å²) in [7, 11) is 0. The lowest BCUT2D eigenvalue weighted by molar-refractivity contribution is 0.104. The van der Waals surface area contributed by atoms with Crippen LogP contribution in [0.15, 0.2) is 42.5 Å². The first kappa shape index (κ1) is 17.5. The molecule has 1 heterocycles. The molecule has 0 aliphatic rings. The van der Waals surface area contributed by atoms with Crippen LogP contribution in [0, 0.1) is 6.92 Å². The highest BCUT2D eigenvalue weighted by atomic mass is 35.5. The molecule has 0 saturated heterocycles. The number of halogens is 1. The minimum atomic E-state index is -0.175. The van der Waals surface area contributed by atoms with Gasteiger partial charge in [-0.25, -0.2) is 4.98 Å². The zero-order chi connectivity index (χ0) is 18.0. The molecule has 0 fully saturated rings. The maximum Gasteiger partial charge on any atom is 0.206 e. The summed E-state index contributed by atoms with van der Waals surface area (Å²) in [5.41, 5.74) is 9.81. The molecule has 6 heteroatoms. The minimum absolute atomic E-state index is 0.175. The van der Waals surface area contributed by atoms with E-state index in [1.807, 2.05) is 19.1 Å². The Hall–Kier alpha value is -2.37. The smallest absolute Gasteiger partial charge is 0.206 e. The first-order chi connectivity index (χ1) is 12.0. The van der Waals surface area contributed by atoms with Gasteiger partial charge >= 0.3 is 0 Å². The lowest BCUT2D eigenvalue weighted by atomic mass is 10.1. The van der Waals surface area contributed by atoms with Gasteiger partial charge in [0, 0.05) is 16.3 Å². The van der Waals surface area contributed by atoms with E-state index in [1.165, 1.54) is 16.9 Å². The molecule has 4 nitrogen and oxygen atoms in total. The summed E-state index contributed by atoms with van der Waals surface area (Å²) in [5, 5.41) is 4.44. The lowest BCUT2D eigenvalue weighted by Crippen LogP contribution is -2.02. The highest BCUT2D eigenvalue weighted by Crippen LogP contribution is 2.32. The van der Waals surface area contributed by atoms with Crippen molar-refractivity contribution in [1.82, 2.24) is 4.98 Å². The van der Waals surface area contributed by atoms with Crippen molar-refractivity contribution in [3.05, 3.63) is 69.1 Å². The third kappa shape index (κ3) is 3.67. The Bertz CT molecular complexity index is 936. The second kappa shape index (κ2) is 7.25. The number of carbonyl (C=O) groups is 1. The maximum absolute atomic E-state index is 12.7. The molecule has 0 bridgehead atoms. The molecular formula is C19H18ClN3OS. The number of aromatic nitrogens is 1. The molecule has 3 N–H and O–H groups in total. The molecule has 0 radical (unpaired) electrons. The van der Waals surface area contributed by atoms with Crippen LogP contribution >= 0.6 is 22.9 Å². The molecule has 3 aromatic rings. The lowest BCUT2D eigenvalue weighted by Gasteiger charge is -2.11. The van der Waals surface area contributed by atoms with Gasteiger partial charge < -0.3 is 11.1 Å². The zero-order valence-electron chi connectivity index (χ0n) is 14.0. The van der Waals surface area contributed by atoms with E-state index in [-0.39, 0.29) is 11.6 Å². The summed E-state index contributed by atoms with van der Waals surface area (Å²) < 4.78 is 0. The number of ketones is 1. The van der Waals surface area contributed by atoms with Crippen LogP contribution in [0.2, 0.25) is 5.02 Å². The van der Waals surface area contributed by atoms with E-state index in [9.17, 15) is 4.79 Å². The molecule has 128 valence electrons. The van der Waals surface area contributed by atoms with Gasteiger partial charge in [0.25, 0.3) is 0 Å². The van der Waals surface area contributed by atoms with Crippen molar-refractivity contribution in [3.8, 4) is 0 Å². The number of rotatable bonds is 5. The Balaban J connectivity index is 1.92. The topological polar surface area (TPSA) is 68.0 Å². The van der Waals surface area contributed by atoms with Crippen LogP contribution in [0.4, 0.5) is 16.6 Å². The van der Waals surface area contributed by atoms with Crippen molar-refractivity contribution >= 4 is 45.4 Å². The number of benzene rings is 2. The molecule has 0 saturated carbocycles. The van der Waals surface area contributed by atoms with E-state index in [4.69, 9.17) is 17.3 Å². The first-order valence-corrected chi connectivity index (χ1v) is 9.11. The number of nitrogen functional groups attached to an aromatic ring is 1. The van der Waals surface area contributed by atoms with E-state index in [2.05, 4.69) is 23.3 Å². The van der Waals surface area contributed by atoms with Gasteiger partial charge in [0.1, 0.15) is 10.7 Å². The van der Waals surface area contributed by atoms with Crippen LogP contribution in [0.3, 0.4) is 0 Å².